The molecule has 0 aliphatic heterocycles. The highest BCUT2D eigenvalue weighted by Gasteiger charge is 2.33. The molecule has 0 spiro atoms. The van der Waals surface area contributed by atoms with Crippen molar-refractivity contribution < 1.29 is 22.7 Å². The molecule has 0 fully saturated rings. The monoisotopic (exact) mass is 351 g/mol. The van der Waals surface area contributed by atoms with E-state index in [0.717, 1.165) is 17.2 Å². The fraction of sp³-hybridized carbons (Fsp3) is 0.316. The lowest BCUT2D eigenvalue weighted by atomic mass is 10.0. The van der Waals surface area contributed by atoms with Gasteiger partial charge < -0.3 is 10.1 Å². The van der Waals surface area contributed by atoms with Gasteiger partial charge in [-0.2, -0.15) is 13.2 Å². The summed E-state index contributed by atoms with van der Waals surface area (Å²) in [6.45, 7) is 5.53. The molecule has 0 aliphatic carbocycles. The van der Waals surface area contributed by atoms with Gasteiger partial charge in [-0.3, -0.25) is 4.79 Å². The van der Waals surface area contributed by atoms with E-state index in [1.54, 1.807) is 0 Å². The minimum atomic E-state index is -4.54. The van der Waals surface area contributed by atoms with E-state index >= 15 is 0 Å². The van der Waals surface area contributed by atoms with Crippen molar-refractivity contribution in [3.63, 3.8) is 0 Å². The first-order valence-electron chi connectivity index (χ1n) is 7.88. The topological polar surface area (TPSA) is 38.3 Å². The molecule has 6 heteroatoms. The van der Waals surface area contributed by atoms with Crippen molar-refractivity contribution >= 4 is 11.6 Å². The lowest BCUT2D eigenvalue weighted by Gasteiger charge is -2.16. The molecule has 2 aromatic carbocycles. The van der Waals surface area contributed by atoms with Crippen LogP contribution in [-0.4, -0.2) is 12.5 Å². The number of benzene rings is 2. The predicted octanol–water partition coefficient (Wildman–Crippen LogP) is 5.15. The number of nitrogens with one attached hydrogen (secondary N) is 1. The summed E-state index contributed by atoms with van der Waals surface area (Å²) in [6, 6.07) is 10.5. The van der Waals surface area contributed by atoms with Crippen molar-refractivity contribution in [3.8, 4) is 5.75 Å². The summed E-state index contributed by atoms with van der Waals surface area (Å²) >= 11 is 0. The van der Waals surface area contributed by atoms with Crippen molar-refractivity contribution in [2.45, 2.75) is 32.9 Å². The molecule has 0 saturated heterocycles. The van der Waals surface area contributed by atoms with E-state index in [9.17, 15) is 18.0 Å². The lowest BCUT2D eigenvalue weighted by molar-refractivity contribution is -0.137. The van der Waals surface area contributed by atoms with Gasteiger partial charge in [0.15, 0.2) is 6.61 Å². The second-order valence-electron chi connectivity index (χ2n) is 6.08. The molecule has 1 amide bonds. The summed E-state index contributed by atoms with van der Waals surface area (Å²) in [5.74, 6) is 0.117. The second-order valence-corrected chi connectivity index (χ2v) is 6.08. The predicted molar refractivity (Wildman–Crippen MR) is 90.8 cm³/mol. The molecule has 0 unspecified atom stereocenters. The van der Waals surface area contributed by atoms with E-state index in [1.807, 2.05) is 39.0 Å². The lowest BCUT2D eigenvalue weighted by Crippen LogP contribution is -2.22. The molecular formula is C19H20F3NO2. The number of aryl methyl sites for hydroxylation is 1. The molecule has 0 atom stereocenters. The Labute approximate surface area is 144 Å². The largest absolute Gasteiger partial charge is 0.483 e. The number of hydrogen-bond acceptors (Lipinski definition) is 2. The maximum Gasteiger partial charge on any atom is 0.418 e. The van der Waals surface area contributed by atoms with Crippen LogP contribution in [0.1, 0.15) is 36.5 Å². The highest BCUT2D eigenvalue weighted by molar-refractivity contribution is 5.92. The quantitative estimate of drug-likeness (QED) is 0.808. The Bertz CT molecular complexity index is 755. The highest BCUT2D eigenvalue weighted by Crippen LogP contribution is 2.34. The molecule has 2 rings (SSSR count). The number of carbonyl (C=O) groups excluding carboxylic acids is 1. The van der Waals surface area contributed by atoms with Crippen LogP contribution in [0, 0.1) is 6.92 Å². The Kier molecular flexibility index (Phi) is 5.72. The zero-order chi connectivity index (χ0) is 18.6. The molecule has 25 heavy (non-hydrogen) atoms. The smallest absolute Gasteiger partial charge is 0.418 e. The third-order valence-corrected chi connectivity index (χ3v) is 3.66. The molecule has 3 nitrogen and oxygen atoms in total. The van der Waals surface area contributed by atoms with Crippen molar-refractivity contribution in [2.75, 3.05) is 11.9 Å². The normalized spacial score (nSPS) is 11.5. The number of carbonyl (C=O) groups is 1. The summed E-state index contributed by atoms with van der Waals surface area (Å²) in [4.78, 5) is 12.0. The van der Waals surface area contributed by atoms with Gasteiger partial charge in [-0.25, -0.2) is 0 Å². The van der Waals surface area contributed by atoms with Crippen LogP contribution in [0.15, 0.2) is 42.5 Å². The zero-order valence-electron chi connectivity index (χ0n) is 14.3. The van der Waals surface area contributed by atoms with Crippen LogP contribution in [0.4, 0.5) is 18.9 Å². The Morgan fingerprint density at radius 3 is 2.48 bits per heavy atom. The minimum absolute atomic E-state index is 0.199. The Morgan fingerprint density at radius 1 is 1.16 bits per heavy atom. The first-order chi connectivity index (χ1) is 11.7. The Balaban J connectivity index is 2.09. The summed E-state index contributed by atoms with van der Waals surface area (Å²) in [5.41, 5.74) is 0.745. The Hall–Kier alpha value is -2.50. The number of halogens is 3. The van der Waals surface area contributed by atoms with Crippen molar-refractivity contribution in [3.05, 3.63) is 59.2 Å². The number of hydrogen-bond donors (Lipinski definition) is 1. The van der Waals surface area contributed by atoms with Gasteiger partial charge in [-0.15, -0.1) is 0 Å². The summed E-state index contributed by atoms with van der Waals surface area (Å²) in [5, 5.41) is 2.27. The van der Waals surface area contributed by atoms with Gasteiger partial charge in [-0.05, 0) is 42.2 Å². The summed E-state index contributed by atoms with van der Waals surface area (Å²) in [6.07, 6.45) is -4.54. The number of anilines is 1. The van der Waals surface area contributed by atoms with Crippen molar-refractivity contribution in [1.29, 1.82) is 0 Å². The van der Waals surface area contributed by atoms with Crippen LogP contribution in [-0.2, 0) is 11.0 Å². The summed E-state index contributed by atoms with van der Waals surface area (Å²) < 4.78 is 44.4. The van der Waals surface area contributed by atoms with Gasteiger partial charge >= 0.3 is 6.18 Å². The zero-order valence-corrected chi connectivity index (χ0v) is 14.3. The molecular weight excluding hydrogens is 331 g/mol. The standard InChI is InChI=1S/C19H20F3NO2/c1-12(2)14-9-8-13(3)10-17(14)25-11-18(24)23-16-7-5-4-6-15(16)19(20,21)22/h4-10,12H,11H2,1-3H3,(H,23,24). The maximum absolute atomic E-state index is 13.0. The van der Waals surface area contributed by atoms with E-state index in [4.69, 9.17) is 4.74 Å². The van der Waals surface area contributed by atoms with Gasteiger partial charge in [0.2, 0.25) is 0 Å². The van der Waals surface area contributed by atoms with Gasteiger partial charge in [0.1, 0.15) is 5.75 Å². The average Bonchev–Trinajstić information content (AvgIpc) is 2.52. The highest BCUT2D eigenvalue weighted by atomic mass is 19.4. The molecule has 134 valence electrons. The fourth-order valence-corrected chi connectivity index (χ4v) is 2.41. The van der Waals surface area contributed by atoms with Crippen LogP contribution < -0.4 is 10.1 Å². The molecule has 0 saturated carbocycles. The fourth-order valence-electron chi connectivity index (χ4n) is 2.41. The van der Waals surface area contributed by atoms with Gasteiger partial charge in [0.05, 0.1) is 11.3 Å². The van der Waals surface area contributed by atoms with E-state index in [-0.39, 0.29) is 18.2 Å². The van der Waals surface area contributed by atoms with Crippen molar-refractivity contribution in [2.24, 2.45) is 0 Å². The molecule has 0 radical (unpaired) electrons. The van der Waals surface area contributed by atoms with E-state index in [0.29, 0.717) is 5.75 Å². The van der Waals surface area contributed by atoms with E-state index in [1.165, 1.54) is 18.2 Å². The number of ether oxygens (including phenoxy) is 1. The molecule has 0 bridgehead atoms. The van der Waals surface area contributed by atoms with Crippen LogP contribution in [0.3, 0.4) is 0 Å². The second kappa shape index (κ2) is 7.59. The molecule has 0 aliphatic rings. The maximum atomic E-state index is 13.0. The first-order valence-corrected chi connectivity index (χ1v) is 7.88. The first kappa shape index (κ1) is 18.8. The third-order valence-electron chi connectivity index (χ3n) is 3.66. The van der Waals surface area contributed by atoms with Crippen LogP contribution in [0.25, 0.3) is 0 Å². The van der Waals surface area contributed by atoms with Crippen LogP contribution in [0.5, 0.6) is 5.75 Å². The van der Waals surface area contributed by atoms with Crippen LogP contribution in [0.2, 0.25) is 0 Å². The molecule has 1 N–H and O–H groups in total. The SMILES string of the molecule is Cc1ccc(C(C)C)c(OCC(=O)Nc2ccccc2C(F)(F)F)c1. The van der Waals surface area contributed by atoms with E-state index < -0.39 is 17.6 Å². The Morgan fingerprint density at radius 2 is 1.84 bits per heavy atom. The average molecular weight is 351 g/mol. The van der Waals surface area contributed by atoms with E-state index in [2.05, 4.69) is 5.32 Å². The number of amides is 1. The number of alkyl halides is 3. The van der Waals surface area contributed by atoms with Gasteiger partial charge in [0.25, 0.3) is 5.91 Å². The summed E-state index contributed by atoms with van der Waals surface area (Å²) in [7, 11) is 0. The third kappa shape index (κ3) is 4.98. The van der Waals surface area contributed by atoms with Gasteiger partial charge in [-0.1, -0.05) is 38.1 Å². The molecule has 0 aromatic heterocycles. The minimum Gasteiger partial charge on any atom is -0.483 e. The van der Waals surface area contributed by atoms with Gasteiger partial charge in [0, 0.05) is 0 Å². The molecule has 2 aromatic rings. The van der Waals surface area contributed by atoms with Crippen molar-refractivity contribution in [1.82, 2.24) is 0 Å². The number of para-hydroxylation sites is 1. The number of rotatable bonds is 5. The molecule has 0 heterocycles. The van der Waals surface area contributed by atoms with Crippen LogP contribution >= 0.6 is 0 Å².